The van der Waals surface area contributed by atoms with Crippen molar-refractivity contribution >= 4 is 0 Å². The van der Waals surface area contributed by atoms with Gasteiger partial charge in [-0.3, -0.25) is 0 Å². The molecule has 0 N–H and O–H groups in total. The second-order valence-corrected chi connectivity index (χ2v) is 11.9. The van der Waals surface area contributed by atoms with E-state index < -0.39 is 11.6 Å². The molecule has 2 aliphatic carbocycles. The van der Waals surface area contributed by atoms with Crippen molar-refractivity contribution in [3.63, 3.8) is 0 Å². The standard InChI is InChI=1S/C34H44F2O3/c1-3-30-18-17-29(22-38-30)28-15-13-27(14-16-28)26-11-9-25(10-12-26)24-7-5-23(6-8-24)21-39-32-20-19-31(37-4-2)33(35)34(32)36/h3,5-8,19-20,25-30H,1,4,9-18,21-22H2,2H3. The molecule has 212 valence electrons. The Morgan fingerprint density at radius 3 is 1.82 bits per heavy atom. The number of hydrogen-bond donors (Lipinski definition) is 0. The maximum Gasteiger partial charge on any atom is 0.204 e. The van der Waals surface area contributed by atoms with E-state index in [2.05, 4.69) is 30.8 Å². The van der Waals surface area contributed by atoms with Crippen LogP contribution in [0.15, 0.2) is 49.1 Å². The van der Waals surface area contributed by atoms with Crippen LogP contribution in [0.25, 0.3) is 0 Å². The zero-order valence-corrected chi connectivity index (χ0v) is 23.4. The van der Waals surface area contributed by atoms with Gasteiger partial charge in [0.05, 0.1) is 19.3 Å². The van der Waals surface area contributed by atoms with Crippen LogP contribution >= 0.6 is 0 Å². The Hall–Kier alpha value is -2.40. The Morgan fingerprint density at radius 1 is 0.744 bits per heavy atom. The molecule has 5 rings (SSSR count). The highest BCUT2D eigenvalue weighted by Crippen LogP contribution is 2.46. The Kier molecular flexibility index (Phi) is 9.60. The summed E-state index contributed by atoms with van der Waals surface area (Å²) >= 11 is 0. The Bertz CT molecular complexity index is 1060. The summed E-state index contributed by atoms with van der Waals surface area (Å²) in [6, 6.07) is 11.3. The molecular formula is C34H44F2O3. The summed E-state index contributed by atoms with van der Waals surface area (Å²) in [4.78, 5) is 0. The van der Waals surface area contributed by atoms with Gasteiger partial charge in [-0.05, 0) is 124 Å². The van der Waals surface area contributed by atoms with Crippen LogP contribution in [0, 0.1) is 35.3 Å². The molecule has 3 fully saturated rings. The highest BCUT2D eigenvalue weighted by molar-refractivity contribution is 5.35. The maximum atomic E-state index is 14.3. The quantitative estimate of drug-likeness (QED) is 0.298. The average molecular weight is 539 g/mol. The summed E-state index contributed by atoms with van der Waals surface area (Å²) in [7, 11) is 0. The van der Waals surface area contributed by atoms with Gasteiger partial charge < -0.3 is 14.2 Å². The average Bonchev–Trinajstić information content (AvgIpc) is 3.00. The molecule has 0 aromatic heterocycles. The molecule has 0 radical (unpaired) electrons. The fraction of sp³-hybridized carbons (Fsp3) is 0.588. The van der Waals surface area contributed by atoms with Crippen LogP contribution in [0.4, 0.5) is 8.78 Å². The Balaban J connectivity index is 1.05. The van der Waals surface area contributed by atoms with E-state index >= 15 is 0 Å². The van der Waals surface area contributed by atoms with E-state index in [0.717, 1.165) is 42.3 Å². The summed E-state index contributed by atoms with van der Waals surface area (Å²) in [6.45, 7) is 7.02. The van der Waals surface area contributed by atoms with Crippen LogP contribution < -0.4 is 9.47 Å². The lowest BCUT2D eigenvalue weighted by Crippen LogP contribution is -2.33. The van der Waals surface area contributed by atoms with Gasteiger partial charge in [0, 0.05) is 0 Å². The number of ether oxygens (including phenoxy) is 3. The summed E-state index contributed by atoms with van der Waals surface area (Å²) < 4.78 is 45.1. The highest BCUT2D eigenvalue weighted by Gasteiger charge is 2.35. The first-order chi connectivity index (χ1) is 19.1. The lowest BCUT2D eigenvalue weighted by Gasteiger charge is -2.41. The predicted octanol–water partition coefficient (Wildman–Crippen LogP) is 9.00. The fourth-order valence-corrected chi connectivity index (χ4v) is 7.30. The molecule has 0 bridgehead atoms. The highest BCUT2D eigenvalue weighted by atomic mass is 19.2. The van der Waals surface area contributed by atoms with Crippen LogP contribution in [0.1, 0.15) is 88.2 Å². The van der Waals surface area contributed by atoms with E-state index in [4.69, 9.17) is 14.2 Å². The van der Waals surface area contributed by atoms with Crippen LogP contribution in [-0.2, 0) is 11.3 Å². The van der Waals surface area contributed by atoms with Crippen molar-refractivity contribution in [1.29, 1.82) is 0 Å². The second kappa shape index (κ2) is 13.3. The Labute approximate surface area is 232 Å². The molecular weight excluding hydrogens is 494 g/mol. The summed E-state index contributed by atoms with van der Waals surface area (Å²) in [5, 5.41) is 0. The van der Waals surface area contributed by atoms with Gasteiger partial charge in [-0.2, -0.15) is 8.78 Å². The molecule has 1 saturated heterocycles. The van der Waals surface area contributed by atoms with Gasteiger partial charge in [-0.25, -0.2) is 0 Å². The number of hydrogen-bond acceptors (Lipinski definition) is 3. The van der Waals surface area contributed by atoms with Gasteiger partial charge in [0.1, 0.15) is 6.61 Å². The molecule has 5 heteroatoms. The van der Waals surface area contributed by atoms with Gasteiger partial charge in [-0.1, -0.05) is 30.3 Å². The largest absolute Gasteiger partial charge is 0.491 e. The van der Waals surface area contributed by atoms with E-state index in [1.165, 1.54) is 75.5 Å². The van der Waals surface area contributed by atoms with Crippen molar-refractivity contribution < 1.29 is 23.0 Å². The molecule has 1 aliphatic heterocycles. The third kappa shape index (κ3) is 6.85. The van der Waals surface area contributed by atoms with E-state index in [0.29, 0.717) is 5.92 Å². The van der Waals surface area contributed by atoms with Crippen LogP contribution in [-0.4, -0.2) is 19.3 Å². The predicted molar refractivity (Wildman–Crippen MR) is 151 cm³/mol. The Morgan fingerprint density at radius 2 is 1.28 bits per heavy atom. The monoisotopic (exact) mass is 538 g/mol. The van der Waals surface area contributed by atoms with E-state index in [1.807, 2.05) is 6.08 Å². The van der Waals surface area contributed by atoms with Crippen molar-refractivity contribution in [2.24, 2.45) is 23.7 Å². The molecule has 2 unspecified atom stereocenters. The lowest BCUT2D eigenvalue weighted by atomic mass is 9.66. The first kappa shape index (κ1) is 28.1. The zero-order valence-electron chi connectivity index (χ0n) is 23.4. The summed E-state index contributed by atoms with van der Waals surface area (Å²) in [5.41, 5.74) is 2.33. The van der Waals surface area contributed by atoms with Crippen molar-refractivity contribution in [2.45, 2.75) is 89.8 Å². The second-order valence-electron chi connectivity index (χ2n) is 11.9. The van der Waals surface area contributed by atoms with E-state index in [9.17, 15) is 8.78 Å². The first-order valence-electron chi connectivity index (χ1n) is 15.1. The van der Waals surface area contributed by atoms with Crippen molar-refractivity contribution in [3.05, 3.63) is 71.8 Å². The van der Waals surface area contributed by atoms with Crippen LogP contribution in [0.2, 0.25) is 0 Å². The molecule has 2 aromatic carbocycles. The normalized spacial score (nSPS) is 29.5. The molecule has 0 spiro atoms. The van der Waals surface area contributed by atoms with Crippen LogP contribution in [0.3, 0.4) is 0 Å². The van der Waals surface area contributed by atoms with E-state index in [-0.39, 0.29) is 30.8 Å². The summed E-state index contributed by atoms with van der Waals surface area (Å²) in [5.74, 6) is 1.81. The maximum absolute atomic E-state index is 14.3. The smallest absolute Gasteiger partial charge is 0.204 e. The van der Waals surface area contributed by atoms with Gasteiger partial charge in [0.25, 0.3) is 0 Å². The third-order valence-corrected chi connectivity index (χ3v) is 9.69. The van der Waals surface area contributed by atoms with Gasteiger partial charge in [-0.15, -0.1) is 6.58 Å². The molecule has 3 aliphatic rings. The fourth-order valence-electron chi connectivity index (χ4n) is 7.30. The zero-order chi connectivity index (χ0) is 27.2. The lowest BCUT2D eigenvalue weighted by molar-refractivity contribution is -0.0189. The summed E-state index contributed by atoms with van der Waals surface area (Å²) in [6.07, 6.45) is 15.4. The number of rotatable bonds is 9. The molecule has 3 nitrogen and oxygen atoms in total. The van der Waals surface area contributed by atoms with Gasteiger partial charge in [0.15, 0.2) is 11.5 Å². The van der Waals surface area contributed by atoms with Crippen molar-refractivity contribution in [2.75, 3.05) is 13.2 Å². The SMILES string of the molecule is C=CC1CCC(C2CCC(C3CCC(c4ccc(COc5ccc(OCC)c(F)c5F)cc4)CC3)CC2)CO1. The molecule has 39 heavy (non-hydrogen) atoms. The van der Waals surface area contributed by atoms with Gasteiger partial charge in [0.2, 0.25) is 11.6 Å². The molecule has 0 amide bonds. The molecule has 1 heterocycles. The van der Waals surface area contributed by atoms with Gasteiger partial charge >= 0.3 is 0 Å². The number of benzene rings is 2. The van der Waals surface area contributed by atoms with Crippen LogP contribution in [0.5, 0.6) is 11.5 Å². The molecule has 2 saturated carbocycles. The minimum absolute atomic E-state index is 0.0918. The number of halogens is 2. The molecule has 2 atom stereocenters. The topological polar surface area (TPSA) is 27.7 Å². The minimum Gasteiger partial charge on any atom is -0.491 e. The van der Waals surface area contributed by atoms with Crippen molar-refractivity contribution in [1.82, 2.24) is 0 Å². The third-order valence-electron chi connectivity index (χ3n) is 9.69. The van der Waals surface area contributed by atoms with Crippen molar-refractivity contribution in [3.8, 4) is 11.5 Å². The molecule has 2 aromatic rings. The van der Waals surface area contributed by atoms with E-state index in [1.54, 1.807) is 6.92 Å². The minimum atomic E-state index is -1.01. The first-order valence-corrected chi connectivity index (χ1v) is 15.1.